The van der Waals surface area contributed by atoms with Gasteiger partial charge in [-0.15, -0.1) is 0 Å². The van der Waals surface area contributed by atoms with Crippen LogP contribution in [0.15, 0.2) is 30.3 Å². The van der Waals surface area contributed by atoms with Crippen molar-refractivity contribution in [3.63, 3.8) is 0 Å². The number of nitrogens with one attached hydrogen (secondary N) is 2. The maximum Gasteiger partial charge on any atom is 0.326 e. The Balaban J connectivity index is 2.82. The zero-order chi connectivity index (χ0) is 22.0. The molecule has 1 aromatic rings. The Kier molecular flexibility index (Phi) is 9.26. The molecule has 11 heteroatoms. The first-order valence-corrected chi connectivity index (χ1v) is 8.73. The number of primary amides is 1. The van der Waals surface area contributed by atoms with Crippen molar-refractivity contribution in [3.05, 3.63) is 35.9 Å². The van der Waals surface area contributed by atoms with Gasteiger partial charge in [0.1, 0.15) is 12.1 Å². The van der Waals surface area contributed by atoms with E-state index in [-0.39, 0.29) is 19.3 Å². The highest BCUT2D eigenvalue weighted by molar-refractivity contribution is 5.94. The molecular weight excluding hydrogens is 384 g/mol. The number of hydrogen-bond acceptors (Lipinski definition) is 6. The van der Waals surface area contributed by atoms with E-state index in [2.05, 4.69) is 10.6 Å². The average molecular weight is 408 g/mol. The molecule has 3 atom stereocenters. The van der Waals surface area contributed by atoms with E-state index < -0.39 is 54.2 Å². The molecule has 0 saturated carbocycles. The summed E-state index contributed by atoms with van der Waals surface area (Å²) in [5.74, 6) is -5.21. The molecule has 0 radical (unpaired) electrons. The quantitative estimate of drug-likeness (QED) is 0.236. The van der Waals surface area contributed by atoms with E-state index in [4.69, 9.17) is 16.6 Å². The highest BCUT2D eigenvalue weighted by Crippen LogP contribution is 2.05. The van der Waals surface area contributed by atoms with Gasteiger partial charge in [0.2, 0.25) is 17.7 Å². The fourth-order valence-corrected chi connectivity index (χ4v) is 2.41. The second-order valence-electron chi connectivity index (χ2n) is 6.36. The van der Waals surface area contributed by atoms with Gasteiger partial charge in [0.15, 0.2) is 0 Å². The Morgan fingerprint density at radius 3 is 2.03 bits per heavy atom. The summed E-state index contributed by atoms with van der Waals surface area (Å²) in [6, 6.07) is 4.45. The molecule has 8 N–H and O–H groups in total. The van der Waals surface area contributed by atoms with Crippen LogP contribution < -0.4 is 22.1 Å². The SMILES string of the molecule is NC(=O)CC[C@H](N)C(=O)N[C@@H](CC(=O)O)C(=O)N[C@@H](Cc1ccccc1)C(=O)O. The lowest BCUT2D eigenvalue weighted by Gasteiger charge is -2.22. The second-order valence-corrected chi connectivity index (χ2v) is 6.36. The van der Waals surface area contributed by atoms with Gasteiger partial charge in [0.05, 0.1) is 12.5 Å². The standard InChI is InChI=1S/C18H24N4O7/c19-11(6-7-14(20)23)16(26)21-12(9-15(24)25)17(27)22-13(18(28)29)8-10-4-2-1-3-5-10/h1-5,11-13H,6-9,19H2,(H2,20,23)(H,21,26)(H,22,27)(H,24,25)(H,28,29)/t11-,12-,13-/m0/s1. The van der Waals surface area contributed by atoms with Crippen LogP contribution in [0.3, 0.4) is 0 Å². The van der Waals surface area contributed by atoms with Gasteiger partial charge in [-0.25, -0.2) is 4.79 Å². The van der Waals surface area contributed by atoms with Crippen molar-refractivity contribution in [2.45, 2.75) is 43.8 Å². The van der Waals surface area contributed by atoms with E-state index in [0.29, 0.717) is 5.56 Å². The number of aliphatic carboxylic acids is 2. The van der Waals surface area contributed by atoms with Gasteiger partial charge in [0.25, 0.3) is 0 Å². The maximum absolute atomic E-state index is 12.4. The molecule has 158 valence electrons. The molecule has 0 heterocycles. The third-order valence-electron chi connectivity index (χ3n) is 3.95. The van der Waals surface area contributed by atoms with Gasteiger partial charge in [-0.2, -0.15) is 0 Å². The minimum Gasteiger partial charge on any atom is -0.481 e. The van der Waals surface area contributed by atoms with Crippen molar-refractivity contribution in [2.75, 3.05) is 0 Å². The second kappa shape index (κ2) is 11.4. The van der Waals surface area contributed by atoms with Crippen molar-refractivity contribution in [1.82, 2.24) is 10.6 Å². The summed E-state index contributed by atoms with van der Waals surface area (Å²) in [4.78, 5) is 57.8. The van der Waals surface area contributed by atoms with Crippen LogP contribution in [0.25, 0.3) is 0 Å². The number of rotatable bonds is 12. The largest absolute Gasteiger partial charge is 0.481 e. The predicted octanol–water partition coefficient (Wildman–Crippen LogP) is -1.65. The van der Waals surface area contributed by atoms with Crippen molar-refractivity contribution in [2.24, 2.45) is 11.5 Å². The van der Waals surface area contributed by atoms with Crippen molar-refractivity contribution < 1.29 is 34.2 Å². The number of carboxylic acid groups (broad SMARTS) is 2. The third-order valence-corrected chi connectivity index (χ3v) is 3.95. The van der Waals surface area contributed by atoms with Gasteiger partial charge in [-0.3, -0.25) is 19.2 Å². The zero-order valence-electron chi connectivity index (χ0n) is 15.5. The Morgan fingerprint density at radius 2 is 1.52 bits per heavy atom. The van der Waals surface area contributed by atoms with Crippen LogP contribution in [-0.2, 0) is 30.4 Å². The number of hydrogen-bond donors (Lipinski definition) is 6. The van der Waals surface area contributed by atoms with Gasteiger partial charge in [-0.1, -0.05) is 30.3 Å². The van der Waals surface area contributed by atoms with Crippen LogP contribution in [0.2, 0.25) is 0 Å². The first-order chi connectivity index (χ1) is 13.6. The molecule has 1 rings (SSSR count). The maximum atomic E-state index is 12.4. The first kappa shape index (κ1) is 23.6. The molecule has 0 unspecified atom stereocenters. The number of amides is 3. The van der Waals surface area contributed by atoms with Crippen LogP contribution in [0.4, 0.5) is 0 Å². The summed E-state index contributed by atoms with van der Waals surface area (Å²) >= 11 is 0. The number of nitrogens with two attached hydrogens (primary N) is 2. The van der Waals surface area contributed by atoms with E-state index in [1.165, 1.54) is 0 Å². The van der Waals surface area contributed by atoms with Crippen molar-refractivity contribution in [3.8, 4) is 0 Å². The molecule has 0 aromatic heterocycles. The molecule has 0 bridgehead atoms. The monoisotopic (exact) mass is 408 g/mol. The Bertz CT molecular complexity index is 754. The predicted molar refractivity (Wildman–Crippen MR) is 100 cm³/mol. The van der Waals surface area contributed by atoms with E-state index in [0.717, 1.165) is 0 Å². The van der Waals surface area contributed by atoms with E-state index >= 15 is 0 Å². The smallest absolute Gasteiger partial charge is 0.326 e. The minimum absolute atomic E-state index is 0.0340. The summed E-state index contributed by atoms with van der Waals surface area (Å²) in [7, 11) is 0. The van der Waals surface area contributed by atoms with Gasteiger partial charge in [-0.05, 0) is 12.0 Å². The van der Waals surface area contributed by atoms with E-state index in [1.54, 1.807) is 30.3 Å². The molecule has 29 heavy (non-hydrogen) atoms. The molecule has 0 aliphatic rings. The van der Waals surface area contributed by atoms with Gasteiger partial charge in [0, 0.05) is 12.8 Å². The zero-order valence-corrected chi connectivity index (χ0v) is 15.5. The van der Waals surface area contributed by atoms with Crippen LogP contribution in [0.5, 0.6) is 0 Å². The van der Waals surface area contributed by atoms with Gasteiger partial charge >= 0.3 is 11.9 Å². The summed E-state index contributed by atoms with van der Waals surface area (Å²) in [6.45, 7) is 0. The molecule has 0 fully saturated rings. The summed E-state index contributed by atoms with van der Waals surface area (Å²) in [6.07, 6.45) is -1.07. The summed E-state index contributed by atoms with van der Waals surface area (Å²) in [5.41, 5.74) is 11.2. The third kappa shape index (κ3) is 8.84. The number of carboxylic acids is 2. The van der Waals surface area contributed by atoms with E-state index in [9.17, 15) is 29.1 Å². The van der Waals surface area contributed by atoms with Gasteiger partial charge < -0.3 is 32.3 Å². The molecule has 0 saturated heterocycles. The molecule has 0 aliphatic carbocycles. The summed E-state index contributed by atoms with van der Waals surface area (Å²) in [5, 5.41) is 22.8. The van der Waals surface area contributed by atoms with Crippen LogP contribution in [0, 0.1) is 0 Å². The lowest BCUT2D eigenvalue weighted by atomic mass is 10.0. The fraction of sp³-hybridized carbons (Fsp3) is 0.389. The average Bonchev–Trinajstić information content (AvgIpc) is 2.65. The van der Waals surface area contributed by atoms with Crippen LogP contribution in [0.1, 0.15) is 24.8 Å². The highest BCUT2D eigenvalue weighted by Gasteiger charge is 2.29. The number of carbonyl (C=O) groups is 5. The molecule has 11 nitrogen and oxygen atoms in total. The van der Waals surface area contributed by atoms with Crippen molar-refractivity contribution in [1.29, 1.82) is 0 Å². The van der Waals surface area contributed by atoms with Crippen LogP contribution >= 0.6 is 0 Å². The lowest BCUT2D eigenvalue weighted by molar-refractivity contribution is -0.143. The minimum atomic E-state index is -1.54. The normalized spacial score (nSPS) is 13.6. The van der Waals surface area contributed by atoms with E-state index in [1.807, 2.05) is 0 Å². The lowest BCUT2D eigenvalue weighted by Crippen LogP contribution is -2.55. The Labute approximate surface area is 166 Å². The highest BCUT2D eigenvalue weighted by atomic mass is 16.4. The number of benzene rings is 1. The topological polar surface area (TPSA) is 202 Å². The van der Waals surface area contributed by atoms with Crippen LogP contribution in [-0.4, -0.2) is 58.0 Å². The molecular formula is C18H24N4O7. The Morgan fingerprint density at radius 1 is 0.931 bits per heavy atom. The Hall–Kier alpha value is -3.47. The van der Waals surface area contributed by atoms with Crippen molar-refractivity contribution >= 4 is 29.7 Å². The molecule has 1 aromatic carbocycles. The number of carbonyl (C=O) groups excluding carboxylic acids is 3. The molecule has 0 aliphatic heterocycles. The molecule has 3 amide bonds. The fourth-order valence-electron chi connectivity index (χ4n) is 2.41. The first-order valence-electron chi connectivity index (χ1n) is 8.73. The summed E-state index contributed by atoms with van der Waals surface area (Å²) < 4.78 is 0. The molecule has 0 spiro atoms.